The number of fused-ring (bicyclic) bond motifs is 1. The van der Waals surface area contributed by atoms with Crippen LogP contribution in [0.5, 0.6) is 0 Å². The predicted molar refractivity (Wildman–Crippen MR) is 105 cm³/mol. The molecule has 1 saturated heterocycles. The zero-order chi connectivity index (χ0) is 20.3. The number of carbonyl (C=O) groups excluding carboxylic acids is 1. The number of rotatable bonds is 5. The van der Waals surface area contributed by atoms with Crippen molar-refractivity contribution in [3.63, 3.8) is 0 Å². The number of urea groups is 1. The monoisotopic (exact) mass is 391 g/mol. The molecule has 0 radical (unpaired) electrons. The van der Waals surface area contributed by atoms with Gasteiger partial charge >= 0.3 is 12.0 Å². The van der Waals surface area contributed by atoms with Gasteiger partial charge in [0.25, 0.3) is 0 Å². The third-order valence-corrected chi connectivity index (χ3v) is 6.20. The lowest BCUT2D eigenvalue weighted by Crippen LogP contribution is -2.51. The van der Waals surface area contributed by atoms with Crippen molar-refractivity contribution in [2.75, 3.05) is 26.2 Å². The van der Waals surface area contributed by atoms with Crippen molar-refractivity contribution in [2.45, 2.75) is 51.6 Å². The summed E-state index contributed by atoms with van der Waals surface area (Å²) < 4.78 is 14.1. The molecule has 1 aliphatic heterocycles. The van der Waals surface area contributed by atoms with Crippen molar-refractivity contribution in [2.24, 2.45) is 5.92 Å². The van der Waals surface area contributed by atoms with Crippen LogP contribution < -0.4 is 5.32 Å². The first-order valence-electron chi connectivity index (χ1n) is 10.2. The van der Waals surface area contributed by atoms with Crippen LogP contribution in [0, 0.1) is 11.7 Å². The summed E-state index contributed by atoms with van der Waals surface area (Å²) in [5.74, 6) is -0.760. The second-order valence-corrected chi connectivity index (χ2v) is 7.93. The largest absolute Gasteiger partial charge is 0.480 e. The van der Waals surface area contributed by atoms with Gasteiger partial charge in [-0.3, -0.25) is 9.69 Å². The number of likely N-dealkylation sites (tertiary alicyclic amines) is 1. The van der Waals surface area contributed by atoms with Crippen LogP contribution in [-0.4, -0.2) is 59.1 Å². The second kappa shape index (κ2) is 8.90. The summed E-state index contributed by atoms with van der Waals surface area (Å²) in [5, 5.41) is 12.2. The standard InChI is InChI=1S/C21H30FN3O3/c1-3-24(13-19(26)27)15-9-11-25(12-10-15)21(28)23-20-14(2)7-8-16-17(20)5-4-6-18(16)22/h4-6,14-15,20H,3,7-13H2,1-2H3,(H,23,28)(H,26,27). The molecule has 2 unspecified atom stereocenters. The Morgan fingerprint density at radius 1 is 1.29 bits per heavy atom. The predicted octanol–water partition coefficient (Wildman–Crippen LogP) is 3.03. The Morgan fingerprint density at radius 2 is 2.00 bits per heavy atom. The number of hydrogen-bond donors (Lipinski definition) is 2. The Kier molecular flexibility index (Phi) is 6.54. The highest BCUT2D eigenvalue weighted by Crippen LogP contribution is 2.35. The summed E-state index contributed by atoms with van der Waals surface area (Å²) in [7, 11) is 0. The van der Waals surface area contributed by atoms with E-state index in [4.69, 9.17) is 5.11 Å². The average Bonchev–Trinajstić information content (AvgIpc) is 2.68. The summed E-state index contributed by atoms with van der Waals surface area (Å²) in [4.78, 5) is 27.6. The zero-order valence-electron chi connectivity index (χ0n) is 16.7. The van der Waals surface area contributed by atoms with Crippen molar-refractivity contribution in [3.05, 3.63) is 35.1 Å². The Morgan fingerprint density at radius 3 is 2.64 bits per heavy atom. The molecule has 6 nitrogen and oxygen atoms in total. The number of carbonyl (C=O) groups is 2. The van der Waals surface area contributed by atoms with E-state index < -0.39 is 5.97 Å². The van der Waals surface area contributed by atoms with Crippen molar-refractivity contribution in [1.82, 2.24) is 15.1 Å². The van der Waals surface area contributed by atoms with E-state index in [0.717, 1.165) is 30.4 Å². The number of nitrogens with one attached hydrogen (secondary N) is 1. The summed E-state index contributed by atoms with van der Waals surface area (Å²) in [6, 6.07) is 5.00. The molecule has 1 heterocycles. The van der Waals surface area contributed by atoms with Gasteiger partial charge in [0.15, 0.2) is 0 Å². The Bertz CT molecular complexity index is 719. The summed E-state index contributed by atoms with van der Waals surface area (Å²) in [6.45, 7) is 5.98. The molecular formula is C21H30FN3O3. The number of hydrogen-bond acceptors (Lipinski definition) is 3. The lowest BCUT2D eigenvalue weighted by atomic mass is 9.80. The minimum atomic E-state index is -0.820. The molecule has 0 saturated carbocycles. The van der Waals surface area contributed by atoms with Crippen LogP contribution >= 0.6 is 0 Å². The number of amides is 2. The van der Waals surface area contributed by atoms with E-state index in [9.17, 15) is 14.0 Å². The third-order valence-electron chi connectivity index (χ3n) is 6.20. The molecule has 0 aromatic heterocycles. The molecule has 1 fully saturated rings. The molecule has 1 aliphatic carbocycles. The van der Waals surface area contributed by atoms with Crippen LogP contribution in [0.3, 0.4) is 0 Å². The molecule has 7 heteroatoms. The van der Waals surface area contributed by atoms with Crippen molar-refractivity contribution in [1.29, 1.82) is 0 Å². The SMILES string of the molecule is CCN(CC(=O)O)C1CCN(C(=O)NC2c3cccc(F)c3CCC2C)CC1. The van der Waals surface area contributed by atoms with Gasteiger partial charge in [-0.25, -0.2) is 9.18 Å². The minimum Gasteiger partial charge on any atom is -0.480 e. The highest BCUT2D eigenvalue weighted by molar-refractivity contribution is 5.75. The Hall–Kier alpha value is -2.15. The number of nitrogens with zero attached hydrogens (tertiary/aromatic N) is 2. The topological polar surface area (TPSA) is 72.9 Å². The first-order chi connectivity index (χ1) is 13.4. The number of piperidine rings is 1. The highest BCUT2D eigenvalue weighted by atomic mass is 19.1. The number of carboxylic acids is 1. The normalized spacial score (nSPS) is 22.8. The van der Waals surface area contributed by atoms with E-state index in [1.165, 1.54) is 6.07 Å². The number of likely N-dealkylation sites (N-methyl/N-ethyl adjacent to an activating group) is 1. The molecule has 0 bridgehead atoms. The zero-order valence-corrected chi connectivity index (χ0v) is 16.7. The summed E-state index contributed by atoms with van der Waals surface area (Å²) in [6.07, 6.45) is 3.08. The Labute approximate surface area is 165 Å². The number of benzene rings is 1. The number of aliphatic carboxylic acids is 1. The molecule has 2 amide bonds. The van der Waals surface area contributed by atoms with Gasteiger partial charge in [-0.15, -0.1) is 0 Å². The van der Waals surface area contributed by atoms with Crippen LogP contribution in [0.4, 0.5) is 9.18 Å². The number of carboxylic acid groups (broad SMARTS) is 1. The Balaban J connectivity index is 1.61. The minimum absolute atomic E-state index is 0.0370. The lowest BCUT2D eigenvalue weighted by molar-refractivity contribution is -0.139. The summed E-state index contributed by atoms with van der Waals surface area (Å²) >= 11 is 0. The van der Waals surface area contributed by atoms with Gasteiger partial charge in [0.05, 0.1) is 12.6 Å². The fourth-order valence-electron chi connectivity index (χ4n) is 4.53. The van der Waals surface area contributed by atoms with Gasteiger partial charge < -0.3 is 15.3 Å². The van der Waals surface area contributed by atoms with E-state index in [0.29, 0.717) is 26.1 Å². The van der Waals surface area contributed by atoms with E-state index >= 15 is 0 Å². The van der Waals surface area contributed by atoms with Crippen LogP contribution in [-0.2, 0) is 11.2 Å². The number of halogens is 1. The molecule has 0 spiro atoms. The van der Waals surface area contributed by atoms with Crippen molar-refractivity contribution >= 4 is 12.0 Å². The maximum Gasteiger partial charge on any atom is 0.317 e. The van der Waals surface area contributed by atoms with Gasteiger partial charge in [0.1, 0.15) is 5.82 Å². The maximum atomic E-state index is 14.1. The van der Waals surface area contributed by atoms with Gasteiger partial charge in [-0.2, -0.15) is 0 Å². The molecule has 28 heavy (non-hydrogen) atoms. The van der Waals surface area contributed by atoms with Crippen LogP contribution in [0.1, 0.15) is 50.3 Å². The van der Waals surface area contributed by atoms with Gasteiger partial charge in [-0.05, 0) is 55.3 Å². The van der Waals surface area contributed by atoms with Gasteiger partial charge in [0.2, 0.25) is 0 Å². The van der Waals surface area contributed by atoms with Crippen LogP contribution in [0.2, 0.25) is 0 Å². The maximum absolute atomic E-state index is 14.1. The first kappa shape index (κ1) is 20.6. The fourth-order valence-corrected chi connectivity index (χ4v) is 4.53. The summed E-state index contributed by atoms with van der Waals surface area (Å²) in [5.41, 5.74) is 1.61. The molecule has 2 N–H and O–H groups in total. The van der Waals surface area contributed by atoms with Gasteiger partial charge in [-0.1, -0.05) is 26.0 Å². The van der Waals surface area contributed by atoms with Crippen molar-refractivity contribution in [3.8, 4) is 0 Å². The fraction of sp³-hybridized carbons (Fsp3) is 0.619. The van der Waals surface area contributed by atoms with Gasteiger partial charge in [0, 0.05) is 19.1 Å². The molecule has 3 rings (SSSR count). The van der Waals surface area contributed by atoms with E-state index in [-0.39, 0.29) is 36.4 Å². The van der Waals surface area contributed by atoms with E-state index in [1.807, 2.05) is 17.9 Å². The molecule has 2 atom stereocenters. The second-order valence-electron chi connectivity index (χ2n) is 7.93. The molecular weight excluding hydrogens is 361 g/mol. The molecule has 154 valence electrons. The highest BCUT2D eigenvalue weighted by Gasteiger charge is 2.32. The van der Waals surface area contributed by atoms with Crippen LogP contribution in [0.25, 0.3) is 0 Å². The average molecular weight is 391 g/mol. The molecule has 1 aromatic carbocycles. The van der Waals surface area contributed by atoms with E-state index in [2.05, 4.69) is 12.2 Å². The first-order valence-corrected chi connectivity index (χ1v) is 10.2. The lowest BCUT2D eigenvalue weighted by Gasteiger charge is -2.39. The third kappa shape index (κ3) is 4.46. The van der Waals surface area contributed by atoms with E-state index in [1.54, 1.807) is 11.0 Å². The smallest absolute Gasteiger partial charge is 0.317 e. The van der Waals surface area contributed by atoms with Crippen LogP contribution in [0.15, 0.2) is 18.2 Å². The molecule has 2 aliphatic rings. The molecule has 1 aromatic rings. The van der Waals surface area contributed by atoms with Crippen molar-refractivity contribution < 1.29 is 19.1 Å². The quantitative estimate of drug-likeness (QED) is 0.809.